The second-order valence-corrected chi connectivity index (χ2v) is 7.91. The fraction of sp³-hybridized carbons (Fsp3) is 0.600. The van der Waals surface area contributed by atoms with Crippen LogP contribution in [-0.4, -0.2) is 39.6 Å². The first kappa shape index (κ1) is 26.1. The van der Waals surface area contributed by atoms with Crippen molar-refractivity contribution in [3.05, 3.63) is 38.2 Å². The van der Waals surface area contributed by atoms with Gasteiger partial charge < -0.3 is 10.6 Å². The molecule has 2 aromatic rings. The molecule has 2 atom stereocenters. The summed E-state index contributed by atoms with van der Waals surface area (Å²) >= 11 is 0. The Kier molecular flexibility index (Phi) is 9.52. The van der Waals surface area contributed by atoms with Crippen molar-refractivity contribution in [3.8, 4) is 0 Å². The van der Waals surface area contributed by atoms with Crippen LogP contribution in [-0.2, 0) is 6.54 Å². The monoisotopic (exact) mass is 459 g/mol. The standard InChI is InChI=1S/C20H29N5O3.2ClH/c1-5-8-25-17-16(19(27)24-20(25)28)13(9-14(22-17)11(2)3)18(26)23-15-10-21-7-6-12(15)4;;/h9,11-12,15,21H,5-8,10H2,1-4H3,(H,23,26)(H,24,27,28);2*1H. The largest absolute Gasteiger partial charge is 0.348 e. The van der Waals surface area contributed by atoms with E-state index in [1.54, 1.807) is 6.07 Å². The Hall–Kier alpha value is -1.90. The molecule has 0 saturated carbocycles. The maximum absolute atomic E-state index is 13.1. The highest BCUT2D eigenvalue weighted by Crippen LogP contribution is 2.21. The molecule has 1 fully saturated rings. The average molecular weight is 460 g/mol. The molecule has 2 unspecified atom stereocenters. The van der Waals surface area contributed by atoms with Crippen LogP contribution in [0.1, 0.15) is 62.5 Å². The van der Waals surface area contributed by atoms with Gasteiger partial charge in [0.25, 0.3) is 11.5 Å². The third-order valence-corrected chi connectivity index (χ3v) is 5.40. The van der Waals surface area contributed by atoms with Gasteiger partial charge in [-0.25, -0.2) is 9.78 Å². The number of H-pyrrole nitrogens is 1. The summed E-state index contributed by atoms with van der Waals surface area (Å²) in [5.41, 5.74) is 0.168. The van der Waals surface area contributed by atoms with E-state index in [-0.39, 0.29) is 59.3 Å². The number of nitrogens with one attached hydrogen (secondary N) is 3. The van der Waals surface area contributed by atoms with Crippen molar-refractivity contribution in [2.45, 2.75) is 59.0 Å². The van der Waals surface area contributed by atoms with Crippen LogP contribution in [0.15, 0.2) is 15.7 Å². The molecular weight excluding hydrogens is 429 g/mol. The third-order valence-electron chi connectivity index (χ3n) is 5.40. The van der Waals surface area contributed by atoms with Gasteiger partial charge >= 0.3 is 5.69 Å². The number of aryl methyl sites for hydroxylation is 1. The Morgan fingerprint density at radius 1 is 1.33 bits per heavy atom. The molecule has 3 heterocycles. The molecule has 3 rings (SSSR count). The zero-order chi connectivity index (χ0) is 20.4. The van der Waals surface area contributed by atoms with Crippen LogP contribution < -0.4 is 21.9 Å². The number of piperidine rings is 1. The van der Waals surface area contributed by atoms with E-state index in [0.717, 1.165) is 13.0 Å². The number of aromatic nitrogens is 3. The third kappa shape index (κ3) is 5.22. The molecule has 10 heteroatoms. The number of halogens is 2. The van der Waals surface area contributed by atoms with Crippen molar-refractivity contribution in [1.82, 2.24) is 25.2 Å². The summed E-state index contributed by atoms with van der Waals surface area (Å²) in [5.74, 6) is 0.0946. The van der Waals surface area contributed by atoms with E-state index in [1.165, 1.54) is 4.57 Å². The Morgan fingerprint density at radius 2 is 2.03 bits per heavy atom. The maximum Gasteiger partial charge on any atom is 0.329 e. The Labute approximate surface area is 188 Å². The number of fused-ring (bicyclic) bond motifs is 1. The van der Waals surface area contributed by atoms with E-state index in [4.69, 9.17) is 0 Å². The summed E-state index contributed by atoms with van der Waals surface area (Å²) in [5, 5.41) is 6.53. The number of hydrogen-bond acceptors (Lipinski definition) is 5. The molecule has 2 aromatic heterocycles. The lowest BCUT2D eigenvalue weighted by Gasteiger charge is -2.30. The van der Waals surface area contributed by atoms with E-state index in [9.17, 15) is 14.4 Å². The molecule has 30 heavy (non-hydrogen) atoms. The quantitative estimate of drug-likeness (QED) is 0.634. The minimum absolute atomic E-state index is 0. The molecule has 1 aliphatic heterocycles. The Morgan fingerprint density at radius 3 is 2.63 bits per heavy atom. The molecule has 1 amide bonds. The highest BCUT2D eigenvalue weighted by Gasteiger charge is 2.26. The van der Waals surface area contributed by atoms with E-state index >= 15 is 0 Å². The molecule has 0 radical (unpaired) electrons. The normalized spacial score (nSPS) is 18.6. The van der Waals surface area contributed by atoms with Crippen LogP contribution in [0.3, 0.4) is 0 Å². The molecule has 8 nitrogen and oxygen atoms in total. The molecule has 1 aliphatic rings. The van der Waals surface area contributed by atoms with Crippen LogP contribution in [0, 0.1) is 5.92 Å². The van der Waals surface area contributed by atoms with Gasteiger partial charge in [0, 0.05) is 24.8 Å². The summed E-state index contributed by atoms with van der Waals surface area (Å²) in [6, 6.07) is 1.67. The number of rotatable bonds is 5. The fourth-order valence-corrected chi connectivity index (χ4v) is 3.63. The first-order chi connectivity index (χ1) is 13.3. The predicted octanol–water partition coefficient (Wildman–Crippen LogP) is 2.19. The van der Waals surface area contributed by atoms with Crippen LogP contribution in [0.5, 0.6) is 0 Å². The van der Waals surface area contributed by atoms with Gasteiger partial charge in [0.1, 0.15) is 0 Å². The van der Waals surface area contributed by atoms with Gasteiger partial charge in [0.15, 0.2) is 5.65 Å². The fourth-order valence-electron chi connectivity index (χ4n) is 3.63. The van der Waals surface area contributed by atoms with E-state index in [1.807, 2.05) is 20.8 Å². The molecule has 0 spiro atoms. The second kappa shape index (κ2) is 10.9. The number of hydrogen-bond donors (Lipinski definition) is 3. The lowest BCUT2D eigenvalue weighted by atomic mass is 9.94. The van der Waals surface area contributed by atoms with Crippen molar-refractivity contribution < 1.29 is 4.79 Å². The Bertz CT molecular complexity index is 1000. The zero-order valence-electron chi connectivity index (χ0n) is 17.8. The number of carbonyl (C=O) groups excluding carboxylic acids is 1. The van der Waals surface area contributed by atoms with Gasteiger partial charge in [0.05, 0.1) is 10.9 Å². The van der Waals surface area contributed by atoms with Gasteiger partial charge in [0.2, 0.25) is 0 Å². The van der Waals surface area contributed by atoms with Crippen LogP contribution in [0.4, 0.5) is 0 Å². The van der Waals surface area contributed by atoms with Crippen molar-refractivity contribution in [1.29, 1.82) is 0 Å². The van der Waals surface area contributed by atoms with Gasteiger partial charge in [-0.1, -0.05) is 27.7 Å². The van der Waals surface area contributed by atoms with E-state index < -0.39 is 11.2 Å². The van der Waals surface area contributed by atoms with Crippen LogP contribution in [0.2, 0.25) is 0 Å². The second-order valence-electron chi connectivity index (χ2n) is 7.91. The maximum atomic E-state index is 13.1. The van der Waals surface area contributed by atoms with Gasteiger partial charge in [-0.15, -0.1) is 24.8 Å². The predicted molar refractivity (Wildman–Crippen MR) is 123 cm³/mol. The summed E-state index contributed by atoms with van der Waals surface area (Å²) in [7, 11) is 0. The number of carbonyl (C=O) groups is 1. The van der Waals surface area contributed by atoms with Crippen LogP contribution >= 0.6 is 24.8 Å². The van der Waals surface area contributed by atoms with Crippen molar-refractivity contribution in [3.63, 3.8) is 0 Å². The molecule has 0 aromatic carbocycles. The van der Waals surface area contributed by atoms with E-state index in [0.29, 0.717) is 31.1 Å². The lowest BCUT2D eigenvalue weighted by molar-refractivity contribution is 0.0916. The molecule has 0 bridgehead atoms. The minimum Gasteiger partial charge on any atom is -0.348 e. The smallest absolute Gasteiger partial charge is 0.329 e. The topological polar surface area (TPSA) is 109 Å². The van der Waals surface area contributed by atoms with Crippen molar-refractivity contribution in [2.75, 3.05) is 13.1 Å². The van der Waals surface area contributed by atoms with Crippen LogP contribution in [0.25, 0.3) is 11.0 Å². The highest BCUT2D eigenvalue weighted by molar-refractivity contribution is 6.05. The SMILES string of the molecule is CCCn1c(=O)[nH]c(=O)c2c(C(=O)NC3CNCCC3C)cc(C(C)C)nc21.Cl.Cl. The zero-order valence-corrected chi connectivity index (χ0v) is 19.4. The number of amides is 1. The van der Waals surface area contributed by atoms with Crippen molar-refractivity contribution in [2.24, 2.45) is 5.92 Å². The van der Waals surface area contributed by atoms with Gasteiger partial charge in [-0.05, 0) is 37.3 Å². The summed E-state index contributed by atoms with van der Waals surface area (Å²) in [4.78, 5) is 45.0. The Balaban J connectivity index is 0.00000225. The summed E-state index contributed by atoms with van der Waals surface area (Å²) < 4.78 is 1.45. The van der Waals surface area contributed by atoms with Gasteiger partial charge in [-0.3, -0.25) is 19.1 Å². The number of nitrogens with zero attached hydrogens (tertiary/aromatic N) is 2. The molecule has 168 valence electrons. The van der Waals surface area contributed by atoms with Crippen molar-refractivity contribution >= 4 is 41.8 Å². The van der Waals surface area contributed by atoms with E-state index in [2.05, 4.69) is 27.5 Å². The molecule has 0 aliphatic carbocycles. The van der Waals surface area contributed by atoms with Gasteiger partial charge in [-0.2, -0.15) is 0 Å². The average Bonchev–Trinajstić information content (AvgIpc) is 2.65. The number of pyridine rings is 1. The molecule has 1 saturated heterocycles. The summed E-state index contributed by atoms with van der Waals surface area (Å²) in [6.45, 7) is 10.1. The molecular formula is C20H31Cl2N5O3. The molecule has 3 N–H and O–H groups in total. The first-order valence-electron chi connectivity index (χ1n) is 10.0. The lowest BCUT2D eigenvalue weighted by Crippen LogP contribution is -2.50. The summed E-state index contributed by atoms with van der Waals surface area (Å²) in [6.07, 6.45) is 1.69. The highest BCUT2D eigenvalue weighted by atomic mass is 35.5. The minimum atomic E-state index is -0.574. The number of aromatic amines is 1. The first-order valence-corrected chi connectivity index (χ1v) is 10.0.